The second-order valence-electron chi connectivity index (χ2n) is 3.49. The molecule has 4 nitrogen and oxygen atoms in total. The first-order chi connectivity index (χ1) is 7.06. The molecule has 84 valence electrons. The molecule has 0 N–H and O–H groups in total. The summed E-state index contributed by atoms with van der Waals surface area (Å²) in [5.74, 6) is 0.460. The van der Waals surface area contributed by atoms with E-state index >= 15 is 0 Å². The van der Waals surface area contributed by atoms with Gasteiger partial charge >= 0.3 is 6.18 Å². The molecule has 0 spiro atoms. The fraction of sp³-hybridized carbons (Fsp3) is 0.750. The molecule has 0 aliphatic heterocycles. The van der Waals surface area contributed by atoms with Crippen molar-refractivity contribution in [1.29, 1.82) is 0 Å². The van der Waals surface area contributed by atoms with E-state index in [1.54, 1.807) is 4.57 Å². The van der Waals surface area contributed by atoms with E-state index in [2.05, 4.69) is 14.9 Å². The van der Waals surface area contributed by atoms with Crippen LogP contribution in [-0.4, -0.2) is 27.5 Å². The smallest absolute Gasteiger partial charge is 0.364 e. The molecule has 1 aromatic heterocycles. The van der Waals surface area contributed by atoms with Crippen molar-refractivity contribution in [3.8, 4) is 0 Å². The molecule has 7 heteroatoms. The molecule has 1 heterocycles. The summed E-state index contributed by atoms with van der Waals surface area (Å²) in [7, 11) is 0. The van der Waals surface area contributed by atoms with Gasteiger partial charge in [-0.2, -0.15) is 13.2 Å². The number of ether oxygens (including phenoxy) is 1. The van der Waals surface area contributed by atoms with Crippen LogP contribution >= 0.6 is 0 Å². The number of hydrogen-bond donors (Lipinski definition) is 0. The van der Waals surface area contributed by atoms with Crippen molar-refractivity contribution in [2.24, 2.45) is 0 Å². The van der Waals surface area contributed by atoms with Crippen LogP contribution in [0.4, 0.5) is 13.2 Å². The number of alkyl halides is 3. The lowest BCUT2D eigenvalue weighted by atomic mass is 10.5. The Morgan fingerprint density at radius 3 is 2.80 bits per heavy atom. The van der Waals surface area contributed by atoms with Crippen LogP contribution in [0.2, 0.25) is 0 Å². The molecule has 1 aliphatic rings. The Balaban J connectivity index is 1.85. The average Bonchev–Trinajstić information content (AvgIpc) is 2.86. The predicted octanol–water partition coefficient (Wildman–Crippen LogP) is 1.69. The quantitative estimate of drug-likeness (QED) is 0.776. The molecule has 1 fully saturated rings. The van der Waals surface area contributed by atoms with Crippen LogP contribution in [0.3, 0.4) is 0 Å². The minimum absolute atomic E-state index is 0.143. The predicted molar refractivity (Wildman–Crippen MR) is 44.0 cm³/mol. The van der Waals surface area contributed by atoms with Gasteiger partial charge in [-0.3, -0.25) is 0 Å². The van der Waals surface area contributed by atoms with E-state index in [1.807, 2.05) is 0 Å². The van der Waals surface area contributed by atoms with Crippen LogP contribution in [0.5, 0.6) is 0 Å². The fourth-order valence-electron chi connectivity index (χ4n) is 1.29. The van der Waals surface area contributed by atoms with E-state index < -0.39 is 12.8 Å². The molecule has 0 unspecified atom stereocenters. The summed E-state index contributed by atoms with van der Waals surface area (Å²) in [5, 5.41) is 7.37. The molecular weight excluding hydrogens is 211 g/mol. The lowest BCUT2D eigenvalue weighted by Crippen LogP contribution is -2.17. The molecule has 0 atom stereocenters. The van der Waals surface area contributed by atoms with Crippen molar-refractivity contribution in [2.45, 2.75) is 31.7 Å². The molecular formula is C8H10F3N3O. The number of rotatable bonds is 4. The molecule has 0 bridgehead atoms. The standard InChI is InChI=1S/C8H10F3N3O/c9-8(10,11)4-15-3-7-13-12-5-14(7)6-1-2-6/h5-6H,1-4H2. The summed E-state index contributed by atoms with van der Waals surface area (Å²) in [6.45, 7) is -1.39. The monoisotopic (exact) mass is 221 g/mol. The zero-order valence-electron chi connectivity index (χ0n) is 7.87. The molecule has 1 aliphatic carbocycles. The number of halogens is 3. The van der Waals surface area contributed by atoms with Gasteiger partial charge in [0, 0.05) is 6.04 Å². The van der Waals surface area contributed by atoms with Gasteiger partial charge in [0.2, 0.25) is 0 Å². The third-order valence-corrected chi connectivity index (χ3v) is 2.08. The van der Waals surface area contributed by atoms with Crippen LogP contribution in [-0.2, 0) is 11.3 Å². The second kappa shape index (κ2) is 3.80. The summed E-state index contributed by atoms with van der Waals surface area (Å²) in [6, 6.07) is 0.351. The summed E-state index contributed by atoms with van der Waals surface area (Å²) in [6.07, 6.45) is -0.691. The third kappa shape index (κ3) is 2.92. The van der Waals surface area contributed by atoms with E-state index in [4.69, 9.17) is 0 Å². The van der Waals surface area contributed by atoms with Crippen LogP contribution in [0, 0.1) is 0 Å². The largest absolute Gasteiger partial charge is 0.411 e. The van der Waals surface area contributed by atoms with Gasteiger partial charge in [0.25, 0.3) is 0 Å². The van der Waals surface area contributed by atoms with Gasteiger partial charge in [0.15, 0.2) is 5.82 Å². The van der Waals surface area contributed by atoms with Crippen molar-refractivity contribution in [3.63, 3.8) is 0 Å². The highest BCUT2D eigenvalue weighted by molar-refractivity contribution is 4.93. The first-order valence-electron chi connectivity index (χ1n) is 4.59. The molecule has 1 saturated carbocycles. The van der Waals surface area contributed by atoms with Crippen LogP contribution in [0.1, 0.15) is 24.7 Å². The zero-order chi connectivity index (χ0) is 10.9. The van der Waals surface area contributed by atoms with Crippen molar-refractivity contribution in [1.82, 2.24) is 14.8 Å². The third-order valence-electron chi connectivity index (χ3n) is 2.08. The maximum Gasteiger partial charge on any atom is 0.411 e. The second-order valence-corrected chi connectivity index (χ2v) is 3.49. The molecule has 1 aromatic rings. The zero-order valence-corrected chi connectivity index (χ0v) is 7.87. The van der Waals surface area contributed by atoms with Crippen LogP contribution in [0.25, 0.3) is 0 Å². The van der Waals surface area contributed by atoms with E-state index in [0.29, 0.717) is 11.9 Å². The van der Waals surface area contributed by atoms with Gasteiger partial charge in [-0.15, -0.1) is 10.2 Å². The lowest BCUT2D eigenvalue weighted by molar-refractivity contribution is -0.177. The van der Waals surface area contributed by atoms with Crippen molar-refractivity contribution < 1.29 is 17.9 Å². The maximum atomic E-state index is 11.8. The molecule has 0 aromatic carbocycles. The Hall–Kier alpha value is -1.11. The van der Waals surface area contributed by atoms with Gasteiger partial charge in [-0.05, 0) is 12.8 Å². The Bertz CT molecular complexity index is 332. The Labute approximate surface area is 84.1 Å². The molecule has 15 heavy (non-hydrogen) atoms. The SMILES string of the molecule is FC(F)(F)COCc1nncn1C1CC1. The number of hydrogen-bond acceptors (Lipinski definition) is 3. The molecule has 0 amide bonds. The van der Waals surface area contributed by atoms with Crippen molar-refractivity contribution in [3.05, 3.63) is 12.2 Å². The first-order valence-corrected chi connectivity index (χ1v) is 4.59. The Morgan fingerprint density at radius 2 is 2.20 bits per heavy atom. The first kappa shape index (κ1) is 10.4. The van der Waals surface area contributed by atoms with Gasteiger partial charge in [0.1, 0.15) is 19.5 Å². The maximum absolute atomic E-state index is 11.8. The number of nitrogens with zero attached hydrogens (tertiary/aromatic N) is 3. The fourth-order valence-corrected chi connectivity index (χ4v) is 1.29. The van der Waals surface area contributed by atoms with Crippen LogP contribution in [0.15, 0.2) is 6.33 Å². The van der Waals surface area contributed by atoms with E-state index in [-0.39, 0.29) is 6.61 Å². The summed E-state index contributed by atoms with van der Waals surface area (Å²) in [4.78, 5) is 0. The van der Waals surface area contributed by atoms with Gasteiger partial charge < -0.3 is 9.30 Å². The topological polar surface area (TPSA) is 39.9 Å². The molecule has 0 radical (unpaired) electrons. The van der Waals surface area contributed by atoms with Crippen LogP contribution < -0.4 is 0 Å². The van der Waals surface area contributed by atoms with Crippen molar-refractivity contribution in [2.75, 3.05) is 6.61 Å². The minimum Gasteiger partial charge on any atom is -0.364 e. The molecule has 0 saturated heterocycles. The Morgan fingerprint density at radius 1 is 1.47 bits per heavy atom. The van der Waals surface area contributed by atoms with E-state index in [0.717, 1.165) is 12.8 Å². The van der Waals surface area contributed by atoms with Gasteiger partial charge in [0.05, 0.1) is 0 Å². The average molecular weight is 221 g/mol. The highest BCUT2D eigenvalue weighted by Crippen LogP contribution is 2.35. The summed E-state index contributed by atoms with van der Waals surface area (Å²) in [5.41, 5.74) is 0. The van der Waals surface area contributed by atoms with Crippen molar-refractivity contribution >= 4 is 0 Å². The van der Waals surface area contributed by atoms with E-state index in [9.17, 15) is 13.2 Å². The highest BCUT2D eigenvalue weighted by atomic mass is 19.4. The summed E-state index contributed by atoms with van der Waals surface area (Å²) >= 11 is 0. The normalized spacial score (nSPS) is 17.0. The Kier molecular flexibility index (Phi) is 2.64. The minimum atomic E-state index is -4.29. The highest BCUT2D eigenvalue weighted by Gasteiger charge is 2.29. The number of aromatic nitrogens is 3. The van der Waals surface area contributed by atoms with Gasteiger partial charge in [-0.25, -0.2) is 0 Å². The lowest BCUT2D eigenvalue weighted by Gasteiger charge is -2.08. The summed E-state index contributed by atoms with van der Waals surface area (Å²) < 4.78 is 41.7. The molecule has 2 rings (SSSR count). The van der Waals surface area contributed by atoms with E-state index in [1.165, 1.54) is 6.33 Å². The van der Waals surface area contributed by atoms with Gasteiger partial charge in [-0.1, -0.05) is 0 Å².